The van der Waals surface area contributed by atoms with Gasteiger partial charge in [0.05, 0.1) is 0 Å². The molecule has 0 aromatic carbocycles. The zero-order valence-electron chi connectivity index (χ0n) is 4.34. The summed E-state index contributed by atoms with van der Waals surface area (Å²) in [6.07, 6.45) is 0.899. The Morgan fingerprint density at radius 3 is 2.57 bits per heavy atom. The molecule has 0 aliphatic rings. The fourth-order valence-corrected chi connectivity index (χ4v) is 0.418. The largest absolute Gasteiger partial charge is 0.355 e. The van der Waals surface area contributed by atoms with Gasteiger partial charge in [0.2, 0.25) is 6.41 Å². The Hall–Kier alpha value is 0.230. The highest BCUT2D eigenvalue weighted by atomic mass is 32.2. The minimum Gasteiger partial charge on any atom is -0.355 e. The summed E-state index contributed by atoms with van der Waals surface area (Å²) in [5.74, 6) is 0. The van der Waals surface area contributed by atoms with Crippen LogP contribution in [0.25, 0.3) is 0 Å². The normalized spacial score (nSPS) is 14.1. The molecule has 0 rings (SSSR count). The highest BCUT2D eigenvalue weighted by molar-refractivity contribution is 7.93. The van der Waals surface area contributed by atoms with Crippen LogP contribution in [0.4, 0.5) is 0 Å². The van der Waals surface area contributed by atoms with Crippen molar-refractivity contribution in [3.8, 4) is 0 Å². The quantitative estimate of drug-likeness (QED) is 0.402. The third kappa shape index (κ3) is 4.08. The Bertz CT molecular complexity index is 43.9. The van der Waals surface area contributed by atoms with Gasteiger partial charge in [-0.1, -0.05) is 0 Å². The van der Waals surface area contributed by atoms with Crippen LogP contribution in [0.3, 0.4) is 0 Å². The van der Waals surface area contributed by atoms with Gasteiger partial charge in [0.1, 0.15) is 0 Å². The molecule has 1 atom stereocenters. The van der Waals surface area contributed by atoms with E-state index in [1.165, 1.54) is 0 Å². The number of aliphatic hydroxyl groups is 1. The molecule has 44 valence electrons. The van der Waals surface area contributed by atoms with Crippen LogP contribution < -0.4 is 5.32 Å². The first-order valence-corrected chi connectivity index (χ1v) is 3.01. The van der Waals surface area contributed by atoms with Crippen molar-refractivity contribution in [2.24, 2.45) is 0 Å². The summed E-state index contributed by atoms with van der Waals surface area (Å²) in [5.41, 5.74) is 0. The molecule has 0 aliphatic carbocycles. The lowest BCUT2D eigenvalue weighted by Crippen LogP contribution is -2.24. The van der Waals surface area contributed by atoms with Crippen LogP contribution in [0.15, 0.2) is 0 Å². The van der Waals surface area contributed by atoms with Gasteiger partial charge in [-0.3, -0.25) is 9.50 Å². The van der Waals surface area contributed by atoms with Gasteiger partial charge in [0.15, 0.2) is 0 Å². The SMILES string of the molecule is CNC(O)OSC. The van der Waals surface area contributed by atoms with Gasteiger partial charge in [0, 0.05) is 6.26 Å². The van der Waals surface area contributed by atoms with Gasteiger partial charge >= 0.3 is 0 Å². The van der Waals surface area contributed by atoms with Gasteiger partial charge < -0.3 is 5.11 Å². The summed E-state index contributed by atoms with van der Waals surface area (Å²) in [5, 5.41) is 11.0. The van der Waals surface area contributed by atoms with Crippen molar-refractivity contribution in [3.63, 3.8) is 0 Å². The molecule has 0 bridgehead atoms. The van der Waals surface area contributed by atoms with E-state index in [1.54, 1.807) is 13.3 Å². The van der Waals surface area contributed by atoms with E-state index in [1.807, 2.05) is 0 Å². The molecule has 0 spiro atoms. The first-order chi connectivity index (χ1) is 3.31. The minimum atomic E-state index is -0.838. The predicted octanol–water partition coefficient (Wildman–Crippen LogP) is -0.224. The lowest BCUT2D eigenvalue weighted by molar-refractivity contribution is -0.0225. The second kappa shape index (κ2) is 4.39. The van der Waals surface area contributed by atoms with Crippen molar-refractivity contribution in [2.75, 3.05) is 13.3 Å². The molecule has 1 unspecified atom stereocenters. The molecule has 2 N–H and O–H groups in total. The summed E-state index contributed by atoms with van der Waals surface area (Å²) < 4.78 is 4.55. The molecule has 0 saturated carbocycles. The van der Waals surface area contributed by atoms with Crippen LogP contribution >= 0.6 is 12.0 Å². The van der Waals surface area contributed by atoms with Gasteiger partial charge in [-0.05, 0) is 19.1 Å². The van der Waals surface area contributed by atoms with Crippen molar-refractivity contribution < 1.29 is 9.29 Å². The monoisotopic (exact) mass is 123 g/mol. The lowest BCUT2D eigenvalue weighted by atomic mass is 11.1. The van der Waals surface area contributed by atoms with Crippen molar-refractivity contribution in [1.29, 1.82) is 0 Å². The lowest BCUT2D eigenvalue weighted by Gasteiger charge is -2.04. The maximum atomic E-state index is 8.50. The first-order valence-electron chi connectivity index (χ1n) is 1.86. The Morgan fingerprint density at radius 2 is 2.43 bits per heavy atom. The van der Waals surface area contributed by atoms with E-state index in [9.17, 15) is 0 Å². The topological polar surface area (TPSA) is 41.5 Å². The molecule has 0 aliphatic heterocycles. The average molecular weight is 123 g/mol. The van der Waals surface area contributed by atoms with E-state index in [0.717, 1.165) is 12.0 Å². The van der Waals surface area contributed by atoms with Crippen molar-refractivity contribution in [1.82, 2.24) is 5.32 Å². The zero-order chi connectivity index (χ0) is 5.70. The van der Waals surface area contributed by atoms with E-state index in [4.69, 9.17) is 5.11 Å². The van der Waals surface area contributed by atoms with Gasteiger partial charge in [0.25, 0.3) is 0 Å². The maximum Gasteiger partial charge on any atom is 0.225 e. The highest BCUT2D eigenvalue weighted by Crippen LogP contribution is 1.95. The number of aliphatic hydroxyl groups excluding tert-OH is 1. The van der Waals surface area contributed by atoms with E-state index in [2.05, 4.69) is 9.50 Å². The maximum absolute atomic E-state index is 8.50. The van der Waals surface area contributed by atoms with Crippen LogP contribution in [-0.4, -0.2) is 24.8 Å². The number of hydrogen-bond donors (Lipinski definition) is 2. The van der Waals surface area contributed by atoms with Gasteiger partial charge in [-0.2, -0.15) is 0 Å². The fraction of sp³-hybridized carbons (Fsp3) is 1.00. The van der Waals surface area contributed by atoms with Gasteiger partial charge in [-0.15, -0.1) is 0 Å². The summed E-state index contributed by atoms with van der Waals surface area (Å²) in [6, 6.07) is 0. The standard InChI is InChI=1S/C3H9NO2S/c1-4-3(5)6-7-2/h3-5H,1-2H3. The molecular formula is C3H9NO2S. The molecule has 0 aromatic heterocycles. The Labute approximate surface area is 47.3 Å². The molecule has 3 nitrogen and oxygen atoms in total. The average Bonchev–Trinajstić information content (AvgIpc) is 1.68. The Balaban J connectivity index is 2.83. The molecule has 0 amide bonds. The Kier molecular flexibility index (Phi) is 4.53. The van der Waals surface area contributed by atoms with Crippen LogP contribution in [0.2, 0.25) is 0 Å². The van der Waals surface area contributed by atoms with Gasteiger partial charge in [-0.25, -0.2) is 0 Å². The zero-order valence-corrected chi connectivity index (χ0v) is 5.16. The Morgan fingerprint density at radius 1 is 1.86 bits per heavy atom. The van der Waals surface area contributed by atoms with Crippen LogP contribution in [0, 0.1) is 0 Å². The van der Waals surface area contributed by atoms with Crippen LogP contribution in [-0.2, 0) is 4.18 Å². The van der Waals surface area contributed by atoms with Crippen molar-refractivity contribution >= 4 is 12.0 Å². The number of nitrogens with one attached hydrogen (secondary N) is 1. The van der Waals surface area contributed by atoms with Crippen molar-refractivity contribution in [3.05, 3.63) is 0 Å². The summed E-state index contributed by atoms with van der Waals surface area (Å²) >= 11 is 1.12. The molecule has 4 heteroatoms. The molecule has 0 aromatic rings. The molecular weight excluding hydrogens is 114 g/mol. The summed E-state index contributed by atoms with van der Waals surface area (Å²) in [7, 11) is 1.61. The van der Waals surface area contributed by atoms with E-state index < -0.39 is 6.41 Å². The van der Waals surface area contributed by atoms with E-state index in [-0.39, 0.29) is 0 Å². The van der Waals surface area contributed by atoms with E-state index in [0.29, 0.717) is 0 Å². The molecule has 0 saturated heterocycles. The number of rotatable bonds is 3. The molecule has 0 radical (unpaired) electrons. The minimum absolute atomic E-state index is 0.838. The summed E-state index contributed by atoms with van der Waals surface area (Å²) in [4.78, 5) is 0. The smallest absolute Gasteiger partial charge is 0.225 e. The molecule has 0 fully saturated rings. The predicted molar refractivity (Wildman–Crippen MR) is 29.7 cm³/mol. The second-order valence-corrected chi connectivity index (χ2v) is 1.43. The third-order valence-corrected chi connectivity index (χ3v) is 0.809. The van der Waals surface area contributed by atoms with E-state index >= 15 is 0 Å². The molecule has 0 heterocycles. The third-order valence-electron chi connectivity index (χ3n) is 0.434. The second-order valence-electron chi connectivity index (χ2n) is 0.904. The summed E-state index contributed by atoms with van der Waals surface area (Å²) in [6.45, 7) is 0. The molecule has 7 heavy (non-hydrogen) atoms. The first kappa shape index (κ1) is 7.23. The number of hydrogen-bond acceptors (Lipinski definition) is 4. The van der Waals surface area contributed by atoms with Crippen molar-refractivity contribution in [2.45, 2.75) is 6.41 Å². The highest BCUT2D eigenvalue weighted by Gasteiger charge is 1.93. The van der Waals surface area contributed by atoms with Crippen LogP contribution in [0.1, 0.15) is 0 Å². The van der Waals surface area contributed by atoms with Crippen LogP contribution in [0.5, 0.6) is 0 Å². The fourth-order valence-electron chi connectivity index (χ4n) is 0.139.